The van der Waals surface area contributed by atoms with Crippen LogP contribution in [-0.2, 0) is 10.6 Å². The SMILES string of the molecule is COc1ccc(C23ON=C(c4ccccc4)N2CSc2cc(OC)c(OC)cc23)cc1OC. The van der Waals surface area contributed by atoms with Crippen LogP contribution in [0.3, 0.4) is 0 Å². The van der Waals surface area contributed by atoms with Crippen molar-refractivity contribution >= 4 is 17.6 Å². The summed E-state index contributed by atoms with van der Waals surface area (Å²) in [6.07, 6.45) is 0. The molecule has 3 aromatic rings. The molecule has 0 radical (unpaired) electrons. The number of hydrogen-bond acceptors (Lipinski definition) is 8. The lowest BCUT2D eigenvalue weighted by molar-refractivity contribution is -0.0685. The Morgan fingerprint density at radius 3 is 2.18 bits per heavy atom. The molecule has 2 heterocycles. The number of oxime groups is 1. The molecule has 0 fully saturated rings. The first-order chi connectivity index (χ1) is 16.2. The molecule has 0 bridgehead atoms. The Bertz CT molecular complexity index is 1220. The maximum absolute atomic E-state index is 6.38. The van der Waals surface area contributed by atoms with Crippen molar-refractivity contribution in [2.45, 2.75) is 10.6 Å². The largest absolute Gasteiger partial charge is 0.493 e. The Morgan fingerprint density at radius 1 is 0.818 bits per heavy atom. The van der Waals surface area contributed by atoms with Gasteiger partial charge in [-0.1, -0.05) is 35.5 Å². The predicted octanol–water partition coefficient (Wildman–Crippen LogP) is 4.68. The van der Waals surface area contributed by atoms with Crippen LogP contribution in [0.4, 0.5) is 0 Å². The van der Waals surface area contributed by atoms with Crippen LogP contribution in [0.2, 0.25) is 0 Å². The third-order valence-corrected chi connectivity index (χ3v) is 6.94. The second-order valence-corrected chi connectivity index (χ2v) is 8.48. The number of ether oxygens (including phenoxy) is 4. The quantitative estimate of drug-likeness (QED) is 0.525. The van der Waals surface area contributed by atoms with Crippen LogP contribution in [0.15, 0.2) is 70.7 Å². The van der Waals surface area contributed by atoms with E-state index in [4.69, 9.17) is 23.8 Å². The third-order valence-electron chi connectivity index (χ3n) is 5.91. The minimum Gasteiger partial charge on any atom is -0.493 e. The van der Waals surface area contributed by atoms with Gasteiger partial charge in [-0.3, -0.25) is 4.90 Å². The Labute approximate surface area is 196 Å². The molecule has 7 nitrogen and oxygen atoms in total. The van der Waals surface area contributed by atoms with E-state index in [2.05, 4.69) is 10.1 Å². The van der Waals surface area contributed by atoms with Crippen molar-refractivity contribution < 1.29 is 23.8 Å². The summed E-state index contributed by atoms with van der Waals surface area (Å²) in [6, 6.07) is 19.8. The normalized spacial score (nSPS) is 18.5. The van der Waals surface area contributed by atoms with Gasteiger partial charge in [-0.2, -0.15) is 0 Å². The molecule has 1 atom stereocenters. The number of thioether (sulfide) groups is 1. The van der Waals surface area contributed by atoms with Crippen molar-refractivity contribution in [2.75, 3.05) is 34.3 Å². The Morgan fingerprint density at radius 2 is 1.48 bits per heavy atom. The molecule has 8 heteroatoms. The van der Waals surface area contributed by atoms with E-state index in [-0.39, 0.29) is 0 Å². The molecule has 0 aromatic heterocycles. The van der Waals surface area contributed by atoms with Crippen molar-refractivity contribution in [2.24, 2.45) is 5.16 Å². The zero-order chi connectivity index (χ0) is 23.0. The first kappa shape index (κ1) is 21.3. The van der Waals surface area contributed by atoms with E-state index in [1.807, 2.05) is 60.7 Å². The van der Waals surface area contributed by atoms with Gasteiger partial charge >= 0.3 is 0 Å². The van der Waals surface area contributed by atoms with Gasteiger partial charge in [0.15, 0.2) is 28.8 Å². The highest BCUT2D eigenvalue weighted by Gasteiger charge is 2.54. The van der Waals surface area contributed by atoms with Crippen LogP contribution >= 0.6 is 11.8 Å². The zero-order valence-electron chi connectivity index (χ0n) is 18.8. The third kappa shape index (κ3) is 3.24. The van der Waals surface area contributed by atoms with Crippen LogP contribution < -0.4 is 18.9 Å². The number of rotatable bonds is 6. The molecule has 3 aromatic carbocycles. The standard InChI is InChI=1S/C25H24N2O5S/c1-28-19-11-10-17(12-20(19)29-2)25-18-13-21(30-3)22(31-4)14-23(18)33-15-27(25)24(26-32-25)16-8-6-5-7-9-16/h5-14H,15H2,1-4H3. The van der Waals surface area contributed by atoms with Crippen LogP contribution in [0.1, 0.15) is 16.7 Å². The minimum absolute atomic E-state index is 0.612. The van der Waals surface area contributed by atoms with Gasteiger partial charge in [0.1, 0.15) is 0 Å². The second kappa shape index (κ2) is 8.44. The minimum atomic E-state index is -1.01. The highest BCUT2D eigenvalue weighted by molar-refractivity contribution is 7.99. The van der Waals surface area contributed by atoms with Crippen LogP contribution in [0.5, 0.6) is 23.0 Å². The van der Waals surface area contributed by atoms with Crippen LogP contribution in [-0.4, -0.2) is 45.1 Å². The maximum atomic E-state index is 6.38. The van der Waals surface area contributed by atoms with Crippen molar-refractivity contribution in [1.29, 1.82) is 0 Å². The van der Waals surface area contributed by atoms with Crippen LogP contribution in [0.25, 0.3) is 0 Å². The highest BCUT2D eigenvalue weighted by atomic mass is 32.2. The van der Waals surface area contributed by atoms with Crippen molar-refractivity contribution in [1.82, 2.24) is 4.90 Å². The summed E-state index contributed by atoms with van der Waals surface area (Å²) in [7, 11) is 6.50. The number of fused-ring (bicyclic) bond motifs is 3. The number of methoxy groups -OCH3 is 4. The van der Waals surface area contributed by atoms with E-state index in [0.717, 1.165) is 27.4 Å². The molecule has 2 aliphatic rings. The molecule has 5 rings (SSSR count). The van der Waals surface area contributed by atoms with Gasteiger partial charge in [0.25, 0.3) is 5.72 Å². The Kier molecular flexibility index (Phi) is 5.46. The van der Waals surface area contributed by atoms with E-state index in [9.17, 15) is 0 Å². The summed E-state index contributed by atoms with van der Waals surface area (Å²) in [5, 5.41) is 4.58. The lowest BCUT2D eigenvalue weighted by Gasteiger charge is -2.42. The van der Waals surface area contributed by atoms with Gasteiger partial charge in [-0.25, -0.2) is 0 Å². The number of hydrogen-bond donors (Lipinski definition) is 0. The van der Waals surface area contributed by atoms with E-state index in [1.165, 1.54) is 0 Å². The molecule has 170 valence electrons. The lowest BCUT2D eigenvalue weighted by atomic mass is 9.91. The number of benzene rings is 3. The molecule has 0 spiro atoms. The summed E-state index contributed by atoms with van der Waals surface area (Å²) >= 11 is 1.70. The van der Waals surface area contributed by atoms with Crippen molar-refractivity contribution in [3.05, 3.63) is 77.4 Å². The molecular formula is C25H24N2O5S. The molecule has 0 N–H and O–H groups in total. The monoisotopic (exact) mass is 464 g/mol. The van der Waals surface area contributed by atoms with Gasteiger partial charge in [0.05, 0.1) is 34.3 Å². The van der Waals surface area contributed by atoms with Gasteiger partial charge < -0.3 is 23.8 Å². The van der Waals surface area contributed by atoms with Crippen molar-refractivity contribution in [3.63, 3.8) is 0 Å². The first-order valence-electron chi connectivity index (χ1n) is 10.4. The summed E-state index contributed by atoms with van der Waals surface area (Å²) in [5.74, 6) is 3.94. The smallest absolute Gasteiger partial charge is 0.265 e. The van der Waals surface area contributed by atoms with Gasteiger partial charge in [-0.05, 0) is 30.3 Å². The van der Waals surface area contributed by atoms with E-state index in [0.29, 0.717) is 28.9 Å². The average molecular weight is 465 g/mol. The molecule has 33 heavy (non-hydrogen) atoms. The summed E-state index contributed by atoms with van der Waals surface area (Å²) in [4.78, 5) is 9.58. The van der Waals surface area contributed by atoms with Gasteiger partial charge in [0, 0.05) is 21.6 Å². The highest BCUT2D eigenvalue weighted by Crippen LogP contribution is 2.53. The average Bonchev–Trinajstić information content (AvgIpc) is 3.28. The fraction of sp³-hybridized carbons (Fsp3) is 0.240. The molecule has 0 saturated carbocycles. The van der Waals surface area contributed by atoms with Gasteiger partial charge in [0.2, 0.25) is 0 Å². The van der Waals surface area contributed by atoms with E-state index < -0.39 is 5.72 Å². The maximum Gasteiger partial charge on any atom is 0.265 e. The van der Waals surface area contributed by atoms with Crippen molar-refractivity contribution in [3.8, 4) is 23.0 Å². The molecule has 0 saturated heterocycles. The fourth-order valence-corrected chi connectivity index (χ4v) is 5.40. The van der Waals surface area contributed by atoms with Gasteiger partial charge in [-0.15, -0.1) is 11.8 Å². The lowest BCUT2D eigenvalue weighted by Crippen LogP contribution is -2.49. The summed E-state index contributed by atoms with van der Waals surface area (Å²) in [5.41, 5.74) is 1.75. The van der Waals surface area contributed by atoms with E-state index >= 15 is 0 Å². The Balaban J connectivity index is 1.74. The zero-order valence-corrected chi connectivity index (χ0v) is 19.6. The summed E-state index contributed by atoms with van der Waals surface area (Å²) in [6.45, 7) is 0. The molecule has 2 aliphatic heterocycles. The molecule has 1 unspecified atom stereocenters. The fourth-order valence-electron chi connectivity index (χ4n) is 4.29. The van der Waals surface area contributed by atoms with E-state index in [1.54, 1.807) is 40.2 Å². The molecule has 0 aliphatic carbocycles. The predicted molar refractivity (Wildman–Crippen MR) is 126 cm³/mol. The number of amidine groups is 1. The van der Waals surface area contributed by atoms with Crippen LogP contribution in [0, 0.1) is 0 Å². The topological polar surface area (TPSA) is 61.8 Å². The number of nitrogens with zero attached hydrogens (tertiary/aromatic N) is 2. The first-order valence-corrected chi connectivity index (χ1v) is 11.4. The molecule has 0 amide bonds. The summed E-state index contributed by atoms with van der Waals surface area (Å²) < 4.78 is 22.3. The molecular weight excluding hydrogens is 440 g/mol. The Hall–Kier alpha value is -3.52. The second-order valence-electron chi connectivity index (χ2n) is 7.49.